The van der Waals surface area contributed by atoms with E-state index in [1.165, 1.54) is 17.5 Å². The average molecular weight is 349 g/mol. The van der Waals surface area contributed by atoms with Crippen molar-refractivity contribution in [1.82, 2.24) is 9.88 Å². The summed E-state index contributed by atoms with van der Waals surface area (Å²) in [6.07, 6.45) is 4.00. The summed E-state index contributed by atoms with van der Waals surface area (Å²) < 4.78 is 0. The van der Waals surface area contributed by atoms with Gasteiger partial charge in [0.15, 0.2) is 0 Å². The van der Waals surface area contributed by atoms with E-state index >= 15 is 0 Å². The zero-order valence-electron chi connectivity index (χ0n) is 15.7. The van der Waals surface area contributed by atoms with E-state index in [9.17, 15) is 4.79 Å². The van der Waals surface area contributed by atoms with E-state index in [0.717, 1.165) is 38.4 Å². The van der Waals surface area contributed by atoms with E-state index in [0.29, 0.717) is 17.4 Å². The van der Waals surface area contributed by atoms with Crippen molar-refractivity contribution in [3.8, 4) is 0 Å². The number of pyridine rings is 1. The van der Waals surface area contributed by atoms with E-state index in [4.69, 9.17) is 0 Å². The first-order valence-electron chi connectivity index (χ1n) is 9.67. The van der Waals surface area contributed by atoms with Gasteiger partial charge in [0, 0.05) is 32.4 Å². The molecule has 26 heavy (non-hydrogen) atoms. The molecular weight excluding hydrogens is 322 g/mol. The highest BCUT2D eigenvalue weighted by Crippen LogP contribution is 2.25. The molecule has 2 aromatic rings. The van der Waals surface area contributed by atoms with Crippen LogP contribution in [-0.4, -0.2) is 35.4 Å². The molecule has 0 spiro atoms. The lowest BCUT2D eigenvalue weighted by atomic mass is 9.91. The molecule has 1 aromatic heterocycles. The molecule has 4 heteroatoms. The monoisotopic (exact) mass is 349 g/mol. The maximum atomic E-state index is 12.8. The Bertz CT molecular complexity index is 776. The Morgan fingerprint density at radius 1 is 1.04 bits per heavy atom. The minimum Gasteiger partial charge on any atom is -0.352 e. The topological polar surface area (TPSA) is 36.4 Å². The number of aromatic nitrogens is 1. The standard InChI is InChI=1S/C22H27N3O/c1-16-11-17(2)14-25(13-16)22(26)19-7-8-21(23-12-19)24-10-9-18-5-3-4-6-20(18)15-24/h3-8,12,16-17H,9-11,13-15H2,1-2H3. The van der Waals surface area contributed by atoms with Gasteiger partial charge in [0.05, 0.1) is 5.56 Å². The van der Waals surface area contributed by atoms with Gasteiger partial charge >= 0.3 is 0 Å². The third-order valence-electron chi connectivity index (χ3n) is 5.61. The van der Waals surface area contributed by atoms with Crippen molar-refractivity contribution in [1.29, 1.82) is 0 Å². The van der Waals surface area contributed by atoms with Crippen molar-refractivity contribution in [2.45, 2.75) is 33.2 Å². The summed E-state index contributed by atoms with van der Waals surface area (Å²) in [7, 11) is 0. The van der Waals surface area contributed by atoms with E-state index in [1.807, 2.05) is 17.0 Å². The van der Waals surface area contributed by atoms with Gasteiger partial charge in [-0.2, -0.15) is 0 Å². The van der Waals surface area contributed by atoms with Crippen molar-refractivity contribution >= 4 is 11.7 Å². The Morgan fingerprint density at radius 3 is 2.46 bits per heavy atom. The molecule has 2 unspecified atom stereocenters. The fraction of sp³-hybridized carbons (Fsp3) is 0.455. The van der Waals surface area contributed by atoms with E-state index in [-0.39, 0.29) is 5.91 Å². The van der Waals surface area contributed by atoms with Crippen molar-refractivity contribution < 1.29 is 4.79 Å². The number of piperidine rings is 1. The zero-order chi connectivity index (χ0) is 18.1. The summed E-state index contributed by atoms with van der Waals surface area (Å²) in [5, 5.41) is 0. The van der Waals surface area contributed by atoms with Gasteiger partial charge in [0.2, 0.25) is 0 Å². The third kappa shape index (κ3) is 3.46. The highest BCUT2D eigenvalue weighted by molar-refractivity contribution is 5.94. The van der Waals surface area contributed by atoms with Gasteiger partial charge in [-0.1, -0.05) is 38.1 Å². The van der Waals surface area contributed by atoms with Gasteiger partial charge < -0.3 is 9.80 Å². The smallest absolute Gasteiger partial charge is 0.255 e. The number of benzene rings is 1. The van der Waals surface area contributed by atoms with Gasteiger partial charge in [-0.05, 0) is 47.9 Å². The summed E-state index contributed by atoms with van der Waals surface area (Å²) in [5.74, 6) is 2.22. The molecule has 4 rings (SSSR count). The molecule has 3 heterocycles. The molecule has 0 bridgehead atoms. The summed E-state index contributed by atoms with van der Waals surface area (Å²) in [6.45, 7) is 8.02. The number of anilines is 1. The van der Waals surface area contributed by atoms with Crippen LogP contribution >= 0.6 is 0 Å². The third-order valence-corrected chi connectivity index (χ3v) is 5.61. The summed E-state index contributed by atoms with van der Waals surface area (Å²) in [4.78, 5) is 21.7. The molecular formula is C22H27N3O. The predicted octanol–water partition coefficient (Wildman–Crippen LogP) is 3.76. The molecule has 1 aromatic carbocycles. The Kier molecular flexibility index (Phi) is 4.66. The van der Waals surface area contributed by atoms with Crippen LogP contribution in [-0.2, 0) is 13.0 Å². The summed E-state index contributed by atoms with van der Waals surface area (Å²) >= 11 is 0. The minimum absolute atomic E-state index is 0.117. The zero-order valence-corrected chi connectivity index (χ0v) is 15.7. The predicted molar refractivity (Wildman–Crippen MR) is 104 cm³/mol. The first-order valence-corrected chi connectivity index (χ1v) is 9.67. The van der Waals surface area contributed by atoms with Crippen LogP contribution in [0, 0.1) is 11.8 Å². The molecule has 2 aliphatic rings. The number of amides is 1. The molecule has 2 atom stereocenters. The molecule has 136 valence electrons. The Hall–Kier alpha value is -2.36. The van der Waals surface area contributed by atoms with Crippen LogP contribution in [0.1, 0.15) is 41.8 Å². The molecule has 0 aliphatic carbocycles. The van der Waals surface area contributed by atoms with E-state index in [1.54, 1.807) is 6.20 Å². The normalized spacial score (nSPS) is 22.8. The molecule has 2 aliphatic heterocycles. The maximum absolute atomic E-state index is 12.8. The van der Waals surface area contributed by atoms with Crippen LogP contribution in [0.5, 0.6) is 0 Å². The summed E-state index contributed by atoms with van der Waals surface area (Å²) in [5.41, 5.74) is 3.51. The fourth-order valence-corrected chi connectivity index (χ4v) is 4.40. The lowest BCUT2D eigenvalue weighted by molar-refractivity contribution is 0.0622. The van der Waals surface area contributed by atoms with Crippen LogP contribution in [0.25, 0.3) is 0 Å². The number of likely N-dealkylation sites (tertiary alicyclic amines) is 1. The van der Waals surface area contributed by atoms with Crippen LogP contribution in [0.15, 0.2) is 42.6 Å². The molecule has 0 saturated carbocycles. The minimum atomic E-state index is 0.117. The second-order valence-electron chi connectivity index (χ2n) is 8.00. The average Bonchev–Trinajstić information content (AvgIpc) is 2.66. The molecule has 1 fully saturated rings. The second kappa shape index (κ2) is 7.10. The maximum Gasteiger partial charge on any atom is 0.255 e. The lowest BCUT2D eigenvalue weighted by Crippen LogP contribution is -2.42. The van der Waals surface area contributed by atoms with Crippen molar-refractivity contribution in [2.24, 2.45) is 11.8 Å². The first-order chi connectivity index (χ1) is 12.6. The molecule has 4 nitrogen and oxygen atoms in total. The van der Waals surface area contributed by atoms with Crippen LogP contribution in [0.4, 0.5) is 5.82 Å². The highest BCUT2D eigenvalue weighted by Gasteiger charge is 2.26. The number of fused-ring (bicyclic) bond motifs is 1. The summed E-state index contributed by atoms with van der Waals surface area (Å²) in [6, 6.07) is 12.5. The SMILES string of the molecule is CC1CC(C)CN(C(=O)c2ccc(N3CCc4ccccc4C3)nc2)C1. The van der Waals surface area contributed by atoms with Gasteiger partial charge in [-0.25, -0.2) is 4.98 Å². The second-order valence-corrected chi connectivity index (χ2v) is 8.00. The van der Waals surface area contributed by atoms with Crippen LogP contribution in [0.2, 0.25) is 0 Å². The number of hydrogen-bond acceptors (Lipinski definition) is 3. The van der Waals surface area contributed by atoms with E-state index < -0.39 is 0 Å². The largest absolute Gasteiger partial charge is 0.352 e. The number of carbonyl (C=O) groups is 1. The van der Waals surface area contributed by atoms with Gasteiger partial charge in [0.1, 0.15) is 5.82 Å². The Labute approximate surface area is 155 Å². The molecule has 1 saturated heterocycles. The number of hydrogen-bond donors (Lipinski definition) is 0. The van der Waals surface area contributed by atoms with Crippen molar-refractivity contribution in [3.63, 3.8) is 0 Å². The van der Waals surface area contributed by atoms with Gasteiger partial charge in [-0.3, -0.25) is 4.79 Å². The van der Waals surface area contributed by atoms with Crippen molar-refractivity contribution in [2.75, 3.05) is 24.5 Å². The molecule has 0 N–H and O–H groups in total. The molecule has 1 amide bonds. The first kappa shape index (κ1) is 17.1. The Balaban J connectivity index is 1.46. The Morgan fingerprint density at radius 2 is 1.77 bits per heavy atom. The quantitative estimate of drug-likeness (QED) is 0.828. The number of carbonyl (C=O) groups excluding carboxylic acids is 1. The van der Waals surface area contributed by atoms with Gasteiger partial charge in [-0.15, -0.1) is 0 Å². The number of rotatable bonds is 2. The van der Waals surface area contributed by atoms with Gasteiger partial charge in [0.25, 0.3) is 5.91 Å². The number of nitrogens with zero attached hydrogens (tertiary/aromatic N) is 3. The van der Waals surface area contributed by atoms with E-state index in [2.05, 4.69) is 48.0 Å². The lowest BCUT2D eigenvalue weighted by Gasteiger charge is -2.35. The fourth-order valence-electron chi connectivity index (χ4n) is 4.40. The van der Waals surface area contributed by atoms with Crippen LogP contribution < -0.4 is 4.90 Å². The molecule has 0 radical (unpaired) electrons. The highest BCUT2D eigenvalue weighted by atomic mass is 16.2. The van der Waals surface area contributed by atoms with Crippen molar-refractivity contribution in [3.05, 3.63) is 59.3 Å². The van der Waals surface area contributed by atoms with Crippen LogP contribution in [0.3, 0.4) is 0 Å².